The second-order valence-electron chi connectivity index (χ2n) is 7.81. The van der Waals surface area contributed by atoms with E-state index in [9.17, 15) is 0 Å². The molecule has 3 unspecified atom stereocenters. The van der Waals surface area contributed by atoms with Crippen molar-refractivity contribution in [3.8, 4) is 0 Å². The van der Waals surface area contributed by atoms with Crippen LogP contribution in [-0.2, 0) is 0 Å². The number of allylic oxidation sites excluding steroid dienone is 2. The van der Waals surface area contributed by atoms with Crippen molar-refractivity contribution < 1.29 is 0 Å². The maximum Gasteiger partial charge on any atom is 0.0565 e. The molecule has 0 aromatic rings. The fourth-order valence-electron chi connectivity index (χ4n) is 5.03. The minimum absolute atomic E-state index is 0.704. The van der Waals surface area contributed by atoms with Crippen LogP contribution in [0.25, 0.3) is 0 Å². The van der Waals surface area contributed by atoms with Crippen molar-refractivity contribution >= 4 is 11.8 Å². The average Bonchev–Trinajstić information content (AvgIpc) is 3.30. The Morgan fingerprint density at radius 3 is 3.09 bits per heavy atom. The lowest BCUT2D eigenvalue weighted by atomic mass is 9.83. The Kier molecular flexibility index (Phi) is 3.23. The highest BCUT2D eigenvalue weighted by atomic mass is 32.2. The van der Waals surface area contributed by atoms with Crippen molar-refractivity contribution in [1.29, 1.82) is 0 Å². The molecule has 118 valence electrons. The summed E-state index contributed by atoms with van der Waals surface area (Å²) in [4.78, 5) is 4.45. The van der Waals surface area contributed by atoms with Gasteiger partial charge in [0.05, 0.1) is 11.7 Å². The first-order chi connectivity index (χ1) is 10.8. The molecule has 5 aliphatic rings. The average molecular weight is 314 g/mol. The molecule has 2 aliphatic carbocycles. The summed E-state index contributed by atoms with van der Waals surface area (Å²) in [6, 6.07) is 0.704. The van der Waals surface area contributed by atoms with Crippen molar-refractivity contribution in [1.82, 2.24) is 10.2 Å². The van der Waals surface area contributed by atoms with E-state index in [4.69, 9.17) is 0 Å². The minimum atomic E-state index is 0.704. The fraction of sp³-hybridized carbons (Fsp3) is 0.684. The Bertz CT molecular complexity index is 584. The summed E-state index contributed by atoms with van der Waals surface area (Å²) in [5, 5.41) is 6.09. The summed E-state index contributed by atoms with van der Waals surface area (Å²) in [5.41, 5.74) is 5.13. The number of rotatable bonds is 2. The molecule has 0 spiro atoms. The number of fused-ring (bicyclic) bond motifs is 2. The molecule has 2 fully saturated rings. The Hall–Kier alpha value is -0.670. The molecule has 0 aromatic carbocycles. The zero-order valence-electron chi connectivity index (χ0n) is 13.5. The highest BCUT2D eigenvalue weighted by Crippen LogP contribution is 2.52. The molecule has 3 aliphatic heterocycles. The second-order valence-corrected chi connectivity index (χ2v) is 8.76. The molecule has 3 atom stereocenters. The van der Waals surface area contributed by atoms with E-state index in [-0.39, 0.29) is 0 Å². The Morgan fingerprint density at radius 2 is 2.23 bits per heavy atom. The third-order valence-electron chi connectivity index (χ3n) is 6.26. The Morgan fingerprint density at radius 1 is 1.32 bits per heavy atom. The summed E-state index contributed by atoms with van der Waals surface area (Å²) in [5.74, 6) is 2.60. The lowest BCUT2D eigenvalue weighted by Gasteiger charge is -2.39. The summed E-state index contributed by atoms with van der Waals surface area (Å²) in [6.07, 6.45) is 9.45. The zero-order chi connectivity index (χ0) is 14.7. The Balaban J connectivity index is 1.59. The standard InChI is InChI=1S/C19H26N2S/c1-12-3-6-15-16-11-20-10-14(9-13-4-5-13)17(16)21-7-2-8-22-19(12)18(15)21/h2,8,12-14,17,20H,3-7,9-11H2,1H3. The molecule has 1 saturated carbocycles. The third kappa shape index (κ3) is 2.05. The van der Waals surface area contributed by atoms with Gasteiger partial charge in [-0.3, -0.25) is 0 Å². The molecule has 3 heterocycles. The normalized spacial score (nSPS) is 37.3. The molecular weight excluding hydrogens is 288 g/mol. The molecule has 22 heavy (non-hydrogen) atoms. The number of piperidine rings is 1. The van der Waals surface area contributed by atoms with Crippen LogP contribution < -0.4 is 5.32 Å². The van der Waals surface area contributed by atoms with Gasteiger partial charge in [-0.2, -0.15) is 0 Å². The first-order valence-corrected chi connectivity index (χ1v) is 9.96. The van der Waals surface area contributed by atoms with Crippen molar-refractivity contribution in [2.45, 2.75) is 45.1 Å². The van der Waals surface area contributed by atoms with Gasteiger partial charge in [0.25, 0.3) is 0 Å². The molecule has 3 heteroatoms. The van der Waals surface area contributed by atoms with Crippen LogP contribution >= 0.6 is 11.8 Å². The van der Waals surface area contributed by atoms with Gasteiger partial charge in [-0.1, -0.05) is 25.8 Å². The van der Waals surface area contributed by atoms with Gasteiger partial charge in [0, 0.05) is 24.5 Å². The predicted molar refractivity (Wildman–Crippen MR) is 93.4 cm³/mol. The van der Waals surface area contributed by atoms with Crippen LogP contribution in [0.2, 0.25) is 0 Å². The summed E-state index contributed by atoms with van der Waals surface area (Å²) in [7, 11) is 0. The van der Waals surface area contributed by atoms with E-state index < -0.39 is 0 Å². The highest BCUT2D eigenvalue weighted by molar-refractivity contribution is 8.05. The smallest absolute Gasteiger partial charge is 0.0565 e. The van der Waals surface area contributed by atoms with Gasteiger partial charge in [0.15, 0.2) is 0 Å². The van der Waals surface area contributed by atoms with Crippen molar-refractivity contribution in [2.24, 2.45) is 17.8 Å². The molecule has 0 aromatic heterocycles. The van der Waals surface area contributed by atoms with E-state index in [1.165, 1.54) is 38.6 Å². The summed E-state index contributed by atoms with van der Waals surface area (Å²) < 4.78 is 0. The van der Waals surface area contributed by atoms with Crippen molar-refractivity contribution in [3.05, 3.63) is 33.2 Å². The van der Waals surface area contributed by atoms with Gasteiger partial charge >= 0.3 is 0 Å². The maximum atomic E-state index is 3.75. The quantitative estimate of drug-likeness (QED) is 0.832. The summed E-state index contributed by atoms with van der Waals surface area (Å²) >= 11 is 2.00. The molecule has 0 bridgehead atoms. The van der Waals surface area contributed by atoms with Gasteiger partial charge in [0.2, 0.25) is 0 Å². The summed E-state index contributed by atoms with van der Waals surface area (Å²) in [6.45, 7) is 5.91. The number of hydrogen-bond donors (Lipinski definition) is 1. The molecule has 2 nitrogen and oxygen atoms in total. The first kappa shape index (κ1) is 13.7. The topological polar surface area (TPSA) is 15.3 Å². The third-order valence-corrected chi connectivity index (χ3v) is 7.43. The van der Waals surface area contributed by atoms with Crippen LogP contribution in [0, 0.1) is 17.8 Å². The zero-order valence-corrected chi connectivity index (χ0v) is 14.3. The van der Waals surface area contributed by atoms with E-state index >= 15 is 0 Å². The van der Waals surface area contributed by atoms with Crippen LogP contribution in [0.15, 0.2) is 33.2 Å². The lowest BCUT2D eigenvalue weighted by Crippen LogP contribution is -2.48. The monoisotopic (exact) mass is 314 g/mol. The first-order valence-electron chi connectivity index (χ1n) is 9.08. The van der Waals surface area contributed by atoms with Gasteiger partial charge in [-0.15, -0.1) is 11.8 Å². The van der Waals surface area contributed by atoms with Crippen LogP contribution in [-0.4, -0.2) is 30.6 Å². The van der Waals surface area contributed by atoms with Gasteiger partial charge in [-0.25, -0.2) is 0 Å². The van der Waals surface area contributed by atoms with Crippen molar-refractivity contribution in [3.63, 3.8) is 0 Å². The second kappa shape index (κ2) is 5.17. The van der Waals surface area contributed by atoms with Crippen LogP contribution in [0.3, 0.4) is 0 Å². The largest absolute Gasteiger partial charge is 0.360 e. The predicted octanol–water partition coefficient (Wildman–Crippen LogP) is 3.89. The maximum absolute atomic E-state index is 3.75. The molecular formula is C19H26N2S. The van der Waals surface area contributed by atoms with E-state index in [1.54, 1.807) is 21.7 Å². The number of nitrogens with one attached hydrogen (secondary N) is 1. The molecule has 1 saturated heterocycles. The number of nitrogens with zero attached hydrogens (tertiary/aromatic N) is 1. The van der Waals surface area contributed by atoms with Crippen molar-refractivity contribution in [2.75, 3.05) is 19.6 Å². The van der Waals surface area contributed by atoms with Crippen LogP contribution in [0.5, 0.6) is 0 Å². The van der Waals surface area contributed by atoms with E-state index in [0.29, 0.717) is 6.04 Å². The van der Waals surface area contributed by atoms with E-state index in [0.717, 1.165) is 30.8 Å². The highest BCUT2D eigenvalue weighted by Gasteiger charge is 2.46. The van der Waals surface area contributed by atoms with E-state index in [2.05, 4.69) is 28.6 Å². The molecule has 0 amide bonds. The molecule has 0 radical (unpaired) electrons. The van der Waals surface area contributed by atoms with Gasteiger partial charge < -0.3 is 10.2 Å². The van der Waals surface area contributed by atoms with Gasteiger partial charge in [-0.05, 0) is 53.6 Å². The fourth-order valence-corrected chi connectivity index (χ4v) is 6.06. The number of hydrogen-bond acceptors (Lipinski definition) is 3. The molecule has 1 N–H and O–H groups in total. The SMILES string of the molecule is CC1CCC2=C3CNCC(CC4CC4)C3N3CC=CSC1=C23. The lowest BCUT2D eigenvalue weighted by molar-refractivity contribution is 0.208. The van der Waals surface area contributed by atoms with Crippen LogP contribution in [0.1, 0.15) is 39.0 Å². The number of thioether (sulfide) groups is 1. The minimum Gasteiger partial charge on any atom is -0.360 e. The van der Waals surface area contributed by atoms with E-state index in [1.807, 2.05) is 11.8 Å². The molecule has 5 rings (SSSR count). The van der Waals surface area contributed by atoms with Crippen LogP contribution in [0.4, 0.5) is 0 Å². The van der Waals surface area contributed by atoms with Gasteiger partial charge in [0.1, 0.15) is 0 Å². The Labute approximate surface area is 138 Å².